The Morgan fingerprint density at radius 2 is 2.39 bits per heavy atom. The van der Waals surface area contributed by atoms with Gasteiger partial charge in [0.15, 0.2) is 0 Å². The molecule has 2 heterocycles. The summed E-state index contributed by atoms with van der Waals surface area (Å²) in [5, 5.41) is 14.1. The average Bonchev–Trinajstić information content (AvgIpc) is 2.77. The number of nitrogens with one attached hydrogen (secondary N) is 1. The molecule has 1 aliphatic carbocycles. The fourth-order valence-electron chi connectivity index (χ4n) is 2.73. The van der Waals surface area contributed by atoms with Crippen LogP contribution in [0.3, 0.4) is 0 Å². The summed E-state index contributed by atoms with van der Waals surface area (Å²) < 4.78 is 6.87. The first-order chi connectivity index (χ1) is 8.79. The normalized spacial score (nSPS) is 34.9. The van der Waals surface area contributed by atoms with Crippen LogP contribution in [0.1, 0.15) is 19.3 Å². The lowest BCUT2D eigenvalue weighted by Crippen LogP contribution is -2.42. The highest BCUT2D eigenvalue weighted by atomic mass is 79.9. The first-order valence-electron chi connectivity index (χ1n) is 6.34. The molecular formula is C13H16BrN3O. The van der Waals surface area contributed by atoms with Crippen molar-refractivity contribution in [3.63, 3.8) is 0 Å². The van der Waals surface area contributed by atoms with Crippen LogP contribution in [0, 0.1) is 11.3 Å². The highest BCUT2D eigenvalue weighted by Gasteiger charge is 2.39. The quantitative estimate of drug-likeness (QED) is 0.797. The van der Waals surface area contributed by atoms with Crippen LogP contribution >= 0.6 is 15.9 Å². The smallest absolute Gasteiger partial charge is 0.146 e. The molecule has 0 aromatic heterocycles. The van der Waals surface area contributed by atoms with Gasteiger partial charge in [-0.15, -0.1) is 0 Å². The van der Waals surface area contributed by atoms with Crippen molar-refractivity contribution in [1.29, 1.82) is 5.41 Å². The van der Waals surface area contributed by atoms with Gasteiger partial charge >= 0.3 is 0 Å². The average molecular weight is 310 g/mol. The van der Waals surface area contributed by atoms with Gasteiger partial charge in [0.25, 0.3) is 0 Å². The van der Waals surface area contributed by atoms with Crippen LogP contribution in [-0.2, 0) is 4.74 Å². The molecule has 0 spiro atoms. The molecule has 1 saturated heterocycles. The Bertz CT molecular complexity index is 438. The lowest BCUT2D eigenvalue weighted by Gasteiger charge is -2.35. The Morgan fingerprint density at radius 3 is 3.11 bits per heavy atom. The van der Waals surface area contributed by atoms with Crippen molar-refractivity contribution in [2.45, 2.75) is 31.5 Å². The second-order valence-electron chi connectivity index (χ2n) is 4.80. The van der Waals surface area contributed by atoms with Crippen LogP contribution in [0.5, 0.6) is 0 Å². The van der Waals surface area contributed by atoms with Crippen LogP contribution in [0.25, 0.3) is 0 Å². The maximum absolute atomic E-state index is 7.50. The van der Waals surface area contributed by atoms with Crippen LogP contribution < -0.4 is 0 Å². The molecule has 0 aromatic carbocycles. The zero-order valence-electron chi connectivity index (χ0n) is 10.1. The summed E-state index contributed by atoms with van der Waals surface area (Å²) in [6.45, 7) is 0.817. The fourth-order valence-corrected chi connectivity index (χ4v) is 3.17. The molecule has 1 N–H and O–H groups in total. The van der Waals surface area contributed by atoms with Crippen LogP contribution in [-0.4, -0.2) is 35.8 Å². The number of ether oxygens (including phenoxy) is 1. The van der Waals surface area contributed by atoms with E-state index in [1.54, 1.807) is 0 Å². The van der Waals surface area contributed by atoms with Crippen LogP contribution in [0.4, 0.5) is 0 Å². The van der Waals surface area contributed by atoms with Crippen molar-refractivity contribution in [2.24, 2.45) is 11.0 Å². The molecule has 1 fully saturated rings. The van der Waals surface area contributed by atoms with E-state index in [9.17, 15) is 0 Å². The van der Waals surface area contributed by atoms with Gasteiger partial charge in [0.2, 0.25) is 0 Å². The standard InChI is InChI=1S/C13H16BrN3O/c14-9-4-5-12-10(7-9)11(8-15)16-17(12)13-3-1-2-6-18-13/h4-5,7-8,10,12-13,15H,1-3,6H2. The van der Waals surface area contributed by atoms with E-state index in [-0.39, 0.29) is 18.2 Å². The molecule has 2 aliphatic heterocycles. The van der Waals surface area contributed by atoms with Gasteiger partial charge < -0.3 is 10.1 Å². The Morgan fingerprint density at radius 1 is 1.50 bits per heavy atom. The highest BCUT2D eigenvalue weighted by Crippen LogP contribution is 2.34. The maximum Gasteiger partial charge on any atom is 0.146 e. The van der Waals surface area contributed by atoms with E-state index < -0.39 is 0 Å². The molecule has 0 bridgehead atoms. The molecule has 0 saturated carbocycles. The monoisotopic (exact) mass is 309 g/mol. The molecule has 3 rings (SSSR count). The Kier molecular flexibility index (Phi) is 3.35. The lowest BCUT2D eigenvalue weighted by molar-refractivity contribution is -0.0929. The number of halogens is 1. The predicted octanol–water partition coefficient (Wildman–Crippen LogP) is 2.67. The van der Waals surface area contributed by atoms with Gasteiger partial charge in [0.1, 0.15) is 6.23 Å². The van der Waals surface area contributed by atoms with Crippen molar-refractivity contribution in [2.75, 3.05) is 6.61 Å². The minimum Gasteiger partial charge on any atom is -0.357 e. The third kappa shape index (κ3) is 2.06. The van der Waals surface area contributed by atoms with Crippen molar-refractivity contribution >= 4 is 27.9 Å². The number of hydrazone groups is 1. The molecule has 5 heteroatoms. The minimum atomic E-state index is 0.0682. The summed E-state index contributed by atoms with van der Waals surface area (Å²) in [6, 6.07) is 0.200. The second kappa shape index (κ2) is 4.97. The zero-order chi connectivity index (χ0) is 12.5. The largest absolute Gasteiger partial charge is 0.357 e. The third-order valence-electron chi connectivity index (χ3n) is 3.64. The number of rotatable bonds is 2. The summed E-state index contributed by atoms with van der Waals surface area (Å²) in [7, 11) is 0. The van der Waals surface area contributed by atoms with Crippen molar-refractivity contribution in [3.8, 4) is 0 Å². The first-order valence-corrected chi connectivity index (χ1v) is 7.13. The molecule has 96 valence electrons. The number of hydrogen-bond acceptors (Lipinski definition) is 4. The maximum atomic E-state index is 7.50. The van der Waals surface area contributed by atoms with Gasteiger partial charge in [-0.1, -0.05) is 34.2 Å². The van der Waals surface area contributed by atoms with Crippen molar-refractivity contribution in [3.05, 3.63) is 22.7 Å². The number of hydrogen-bond donors (Lipinski definition) is 1. The lowest BCUT2D eigenvalue weighted by atomic mass is 9.92. The summed E-state index contributed by atoms with van der Waals surface area (Å²) in [5.41, 5.74) is 0.815. The van der Waals surface area contributed by atoms with E-state index in [1.807, 2.05) is 5.01 Å². The molecule has 4 nitrogen and oxygen atoms in total. The molecule has 0 aromatic rings. The fraction of sp³-hybridized carbons (Fsp3) is 0.538. The molecule has 3 atom stereocenters. The van der Waals surface area contributed by atoms with E-state index in [4.69, 9.17) is 10.1 Å². The van der Waals surface area contributed by atoms with Gasteiger partial charge in [0, 0.05) is 23.2 Å². The molecule has 0 radical (unpaired) electrons. The summed E-state index contributed by atoms with van der Waals surface area (Å²) in [4.78, 5) is 0. The van der Waals surface area contributed by atoms with Gasteiger partial charge in [-0.3, -0.25) is 5.01 Å². The van der Waals surface area contributed by atoms with Crippen LogP contribution in [0.15, 0.2) is 27.8 Å². The summed E-state index contributed by atoms with van der Waals surface area (Å²) >= 11 is 3.49. The molecule has 3 aliphatic rings. The number of nitrogens with zero attached hydrogens (tertiary/aromatic N) is 2. The Hall–Kier alpha value is -0.940. The summed E-state index contributed by atoms with van der Waals surface area (Å²) in [6.07, 6.45) is 11.1. The van der Waals surface area contributed by atoms with E-state index in [0.29, 0.717) is 0 Å². The first kappa shape index (κ1) is 12.1. The SMILES string of the molecule is N=CC1=NN(C2CCCCO2)C2C=CC(Br)=CC12. The number of allylic oxidation sites excluding steroid dienone is 2. The van der Waals surface area contributed by atoms with Gasteiger partial charge in [-0.25, -0.2) is 0 Å². The molecular weight excluding hydrogens is 294 g/mol. The van der Waals surface area contributed by atoms with Gasteiger partial charge in [-0.2, -0.15) is 5.10 Å². The highest BCUT2D eigenvalue weighted by molar-refractivity contribution is 9.11. The van der Waals surface area contributed by atoms with Crippen molar-refractivity contribution in [1.82, 2.24) is 5.01 Å². The predicted molar refractivity (Wildman–Crippen MR) is 75.1 cm³/mol. The van der Waals surface area contributed by atoms with E-state index in [0.717, 1.165) is 29.6 Å². The van der Waals surface area contributed by atoms with E-state index in [1.165, 1.54) is 12.6 Å². The molecule has 18 heavy (non-hydrogen) atoms. The Balaban J connectivity index is 1.85. The summed E-state index contributed by atoms with van der Waals surface area (Å²) in [5.74, 6) is 0.174. The van der Waals surface area contributed by atoms with Gasteiger partial charge in [0.05, 0.1) is 11.8 Å². The van der Waals surface area contributed by atoms with Crippen molar-refractivity contribution < 1.29 is 4.74 Å². The zero-order valence-corrected chi connectivity index (χ0v) is 11.6. The Labute approximate surface area is 115 Å². The second-order valence-corrected chi connectivity index (χ2v) is 5.71. The minimum absolute atomic E-state index is 0.0682. The van der Waals surface area contributed by atoms with E-state index in [2.05, 4.69) is 39.3 Å². The molecule has 3 unspecified atom stereocenters. The van der Waals surface area contributed by atoms with E-state index >= 15 is 0 Å². The third-order valence-corrected chi connectivity index (χ3v) is 4.16. The van der Waals surface area contributed by atoms with Crippen LogP contribution in [0.2, 0.25) is 0 Å². The van der Waals surface area contributed by atoms with Gasteiger partial charge in [-0.05, 0) is 19.3 Å². The topological polar surface area (TPSA) is 48.7 Å². The number of fused-ring (bicyclic) bond motifs is 1. The molecule has 0 amide bonds.